The van der Waals surface area contributed by atoms with E-state index in [0.717, 1.165) is 22.8 Å². The normalized spacial score (nSPS) is 16.2. The molecule has 9 nitrogen and oxygen atoms in total. The lowest BCUT2D eigenvalue weighted by atomic mass is 10.0. The van der Waals surface area contributed by atoms with E-state index in [9.17, 15) is 32.7 Å². The zero-order valence-electron chi connectivity index (χ0n) is 23.2. The number of amides is 2. The fraction of sp³-hybridized carbons (Fsp3) is 0.448. The number of H-pyrrole nitrogens is 1. The first-order valence-electron chi connectivity index (χ1n) is 13.6. The Kier molecular flexibility index (Phi) is 10.5. The highest BCUT2D eigenvalue weighted by Gasteiger charge is 2.48. The van der Waals surface area contributed by atoms with Crippen molar-refractivity contribution in [2.45, 2.75) is 50.6 Å². The van der Waals surface area contributed by atoms with Crippen LogP contribution in [0.2, 0.25) is 0 Å². The molecule has 0 radical (unpaired) electrons. The summed E-state index contributed by atoms with van der Waals surface area (Å²) in [6, 6.07) is 10.8. The van der Waals surface area contributed by atoms with Gasteiger partial charge in [0.1, 0.15) is 6.04 Å². The van der Waals surface area contributed by atoms with Crippen molar-refractivity contribution in [3.63, 3.8) is 0 Å². The number of carboxylic acids is 1. The summed E-state index contributed by atoms with van der Waals surface area (Å²) in [5.41, 5.74) is 1.46. The molecular weight excluding hydrogens is 571 g/mol. The number of carboxylic acid groups (broad SMARTS) is 1. The molecule has 1 aliphatic rings. The molecule has 4 rings (SSSR count). The molecule has 0 saturated carbocycles. The van der Waals surface area contributed by atoms with E-state index in [1.54, 1.807) is 22.3 Å². The number of aromatic amines is 1. The number of rotatable bonds is 13. The third-order valence-electron chi connectivity index (χ3n) is 7.43. The summed E-state index contributed by atoms with van der Waals surface area (Å²) in [5.74, 6) is -3.05. The summed E-state index contributed by atoms with van der Waals surface area (Å²) < 4.78 is 42.6. The van der Waals surface area contributed by atoms with Crippen molar-refractivity contribution < 1.29 is 32.7 Å². The molecule has 226 valence electrons. The van der Waals surface area contributed by atoms with Gasteiger partial charge in [0.25, 0.3) is 0 Å². The van der Waals surface area contributed by atoms with Crippen LogP contribution in [0.3, 0.4) is 0 Å². The molecule has 2 aromatic carbocycles. The Balaban J connectivity index is 1.62. The number of benzene rings is 2. The summed E-state index contributed by atoms with van der Waals surface area (Å²) in [7, 11) is 0. The van der Waals surface area contributed by atoms with E-state index >= 15 is 0 Å². The number of halogens is 3. The number of nitrogens with one attached hydrogen (secondary N) is 1. The molecule has 0 bridgehead atoms. The van der Waals surface area contributed by atoms with Gasteiger partial charge in [-0.1, -0.05) is 42.5 Å². The van der Waals surface area contributed by atoms with Crippen LogP contribution >= 0.6 is 11.8 Å². The van der Waals surface area contributed by atoms with Crippen LogP contribution in [0.5, 0.6) is 0 Å². The van der Waals surface area contributed by atoms with Gasteiger partial charge >= 0.3 is 12.3 Å². The van der Waals surface area contributed by atoms with Crippen LogP contribution in [0.15, 0.2) is 55.0 Å². The average molecular weight is 606 g/mol. The van der Waals surface area contributed by atoms with Crippen LogP contribution in [-0.4, -0.2) is 97.6 Å². The number of imidazole rings is 1. The maximum absolute atomic E-state index is 14.2. The molecule has 0 aliphatic carbocycles. The first kappa shape index (κ1) is 31.4. The van der Waals surface area contributed by atoms with Crippen molar-refractivity contribution in [1.29, 1.82) is 0 Å². The highest BCUT2D eigenvalue weighted by atomic mass is 32.2. The Morgan fingerprint density at radius 3 is 2.64 bits per heavy atom. The smallest absolute Gasteiger partial charge is 0.480 e. The van der Waals surface area contributed by atoms with Gasteiger partial charge in [-0.2, -0.15) is 11.8 Å². The van der Waals surface area contributed by atoms with Gasteiger partial charge < -0.3 is 15.0 Å². The van der Waals surface area contributed by atoms with Gasteiger partial charge in [-0.05, 0) is 47.6 Å². The van der Waals surface area contributed by atoms with Crippen molar-refractivity contribution in [1.82, 2.24) is 24.7 Å². The number of hydrogen-bond donors (Lipinski definition) is 2. The van der Waals surface area contributed by atoms with E-state index in [2.05, 4.69) is 9.97 Å². The fourth-order valence-corrected chi connectivity index (χ4v) is 5.96. The maximum Gasteiger partial charge on any atom is 0.487 e. The van der Waals surface area contributed by atoms with E-state index in [4.69, 9.17) is 0 Å². The molecule has 13 heteroatoms. The number of thioether (sulfide) groups is 1. The van der Waals surface area contributed by atoms with E-state index in [-0.39, 0.29) is 43.6 Å². The summed E-state index contributed by atoms with van der Waals surface area (Å²) in [4.78, 5) is 48.1. The van der Waals surface area contributed by atoms with Crippen molar-refractivity contribution >= 4 is 40.3 Å². The molecule has 1 saturated heterocycles. The third kappa shape index (κ3) is 7.82. The highest BCUT2D eigenvalue weighted by Crippen LogP contribution is 2.28. The zero-order valence-corrected chi connectivity index (χ0v) is 24.0. The quantitative estimate of drug-likeness (QED) is 0.282. The average Bonchev–Trinajstić information content (AvgIpc) is 3.62. The van der Waals surface area contributed by atoms with Crippen molar-refractivity contribution in [2.24, 2.45) is 0 Å². The molecule has 2 atom stereocenters. The second-order valence-electron chi connectivity index (χ2n) is 10.3. The van der Waals surface area contributed by atoms with Gasteiger partial charge in [0.05, 0.1) is 19.3 Å². The fourth-order valence-electron chi connectivity index (χ4n) is 5.51. The number of alkyl halides is 3. The van der Waals surface area contributed by atoms with Crippen LogP contribution in [0, 0.1) is 0 Å². The molecule has 2 heterocycles. The number of aromatic nitrogens is 2. The van der Waals surface area contributed by atoms with Gasteiger partial charge in [-0.3, -0.25) is 14.5 Å². The Bertz CT molecular complexity index is 1370. The second kappa shape index (κ2) is 14.1. The van der Waals surface area contributed by atoms with E-state index < -0.39 is 35.7 Å². The monoisotopic (exact) mass is 605 g/mol. The number of hydrogen-bond acceptors (Lipinski definition) is 6. The standard InChI is InChI=1S/C29H34F3N5O4S/c1-42-13-11-25(28(40)41)37(29(30,31)32)27(39)18-35(16-21-8-4-7-20-6-2-3-10-24(20)21)17-23-9-5-12-36(23)26(38)14-22-15-33-19-34-22/h2-4,6-8,10,15,19,23,25H,5,9,11-14,16-18H2,1H3,(H,33,34)(H,40,41)/t23-,25-/m0/s1. The highest BCUT2D eigenvalue weighted by molar-refractivity contribution is 7.98. The Labute approximate surface area is 246 Å². The van der Waals surface area contributed by atoms with Crippen molar-refractivity contribution in [3.05, 3.63) is 66.2 Å². The summed E-state index contributed by atoms with van der Waals surface area (Å²) >= 11 is 1.21. The van der Waals surface area contributed by atoms with Gasteiger partial charge in [0.15, 0.2) is 0 Å². The predicted octanol–water partition coefficient (Wildman–Crippen LogP) is 4.15. The van der Waals surface area contributed by atoms with Gasteiger partial charge in [-0.25, -0.2) is 14.7 Å². The van der Waals surface area contributed by atoms with Crippen molar-refractivity contribution in [3.8, 4) is 0 Å². The maximum atomic E-state index is 14.2. The number of nitrogens with zero attached hydrogens (tertiary/aromatic N) is 4. The number of carbonyl (C=O) groups excluding carboxylic acids is 2. The van der Waals surface area contributed by atoms with E-state index in [1.807, 2.05) is 42.5 Å². The molecule has 0 spiro atoms. The molecule has 2 N–H and O–H groups in total. The minimum Gasteiger partial charge on any atom is -0.480 e. The summed E-state index contributed by atoms with van der Waals surface area (Å²) in [6.45, 7) is 0.126. The molecule has 1 aromatic heterocycles. The number of carbonyl (C=O) groups is 3. The van der Waals surface area contributed by atoms with E-state index in [0.29, 0.717) is 18.7 Å². The first-order chi connectivity index (χ1) is 20.1. The van der Waals surface area contributed by atoms with E-state index in [1.165, 1.54) is 18.1 Å². The number of likely N-dealkylation sites (tertiary alicyclic amines) is 1. The van der Waals surface area contributed by atoms with Gasteiger partial charge in [-0.15, -0.1) is 13.2 Å². The largest absolute Gasteiger partial charge is 0.487 e. The summed E-state index contributed by atoms with van der Waals surface area (Å²) in [6.07, 6.45) is 0.644. The lowest BCUT2D eigenvalue weighted by Crippen LogP contribution is -2.56. The molecule has 1 fully saturated rings. The molecule has 1 aliphatic heterocycles. The zero-order chi connectivity index (χ0) is 30.3. The number of fused-ring (bicyclic) bond motifs is 1. The topological polar surface area (TPSA) is 110 Å². The molecule has 2 amide bonds. The first-order valence-corrected chi connectivity index (χ1v) is 15.0. The number of aliphatic carboxylic acids is 1. The van der Waals surface area contributed by atoms with Crippen LogP contribution < -0.4 is 0 Å². The lowest BCUT2D eigenvalue weighted by molar-refractivity contribution is -0.253. The second-order valence-corrected chi connectivity index (χ2v) is 11.3. The Hall–Kier alpha value is -3.58. The lowest BCUT2D eigenvalue weighted by Gasteiger charge is -2.34. The molecular formula is C29H34F3N5O4S. The van der Waals surface area contributed by atoms with Gasteiger partial charge in [0.2, 0.25) is 11.8 Å². The SMILES string of the molecule is CSCC[C@@H](C(=O)O)N(C(=O)CN(Cc1cccc2ccccc12)C[C@@H]1CCCN1C(=O)Cc1cnc[nH]1)C(F)(F)F. The van der Waals surface area contributed by atoms with Crippen LogP contribution in [0.4, 0.5) is 13.2 Å². The predicted molar refractivity (Wildman–Crippen MR) is 154 cm³/mol. The Morgan fingerprint density at radius 1 is 1.19 bits per heavy atom. The molecule has 0 unspecified atom stereocenters. The van der Waals surface area contributed by atoms with Crippen molar-refractivity contribution in [2.75, 3.05) is 31.6 Å². The van der Waals surface area contributed by atoms with Crippen LogP contribution in [0.25, 0.3) is 10.8 Å². The third-order valence-corrected chi connectivity index (χ3v) is 8.07. The van der Waals surface area contributed by atoms with Crippen LogP contribution in [0.1, 0.15) is 30.5 Å². The van der Waals surface area contributed by atoms with Gasteiger partial charge in [0, 0.05) is 37.6 Å². The minimum absolute atomic E-state index is 0.107. The Morgan fingerprint density at radius 2 is 1.95 bits per heavy atom. The molecule has 3 aromatic rings. The summed E-state index contributed by atoms with van der Waals surface area (Å²) in [5, 5.41) is 11.5. The molecule has 42 heavy (non-hydrogen) atoms. The minimum atomic E-state index is -5.18. The van der Waals surface area contributed by atoms with Crippen LogP contribution in [-0.2, 0) is 27.3 Å².